The number of halogens is 4. The van der Waals surface area contributed by atoms with E-state index in [9.17, 15) is 9.59 Å². The van der Waals surface area contributed by atoms with Crippen molar-refractivity contribution in [3.63, 3.8) is 0 Å². The molecule has 0 aromatic heterocycles. The van der Waals surface area contributed by atoms with E-state index in [1.54, 1.807) is 31.4 Å². The molecule has 1 heterocycles. The van der Waals surface area contributed by atoms with Crippen LogP contribution in [0.2, 0.25) is 0 Å². The lowest BCUT2D eigenvalue weighted by atomic mass is 10.1. The van der Waals surface area contributed by atoms with Gasteiger partial charge >= 0.3 is 0 Å². The largest absolute Gasteiger partial charge is 0.497 e. The van der Waals surface area contributed by atoms with Crippen molar-refractivity contribution in [3.05, 3.63) is 53.3 Å². The molecule has 0 radical (unpaired) electrons. The zero-order valence-corrected chi connectivity index (χ0v) is 17.8. The minimum absolute atomic E-state index is 0.327. The van der Waals surface area contributed by atoms with Gasteiger partial charge in [-0.2, -0.15) is 0 Å². The summed E-state index contributed by atoms with van der Waals surface area (Å²) in [6.07, 6.45) is 0. The first-order valence-corrected chi connectivity index (χ1v) is 9.44. The van der Waals surface area contributed by atoms with Crippen LogP contribution in [0.15, 0.2) is 42.2 Å². The molecular formula is C15H7Br4NO3. The Hall–Kier alpha value is -0.700. The summed E-state index contributed by atoms with van der Waals surface area (Å²) in [6.45, 7) is 0. The van der Waals surface area contributed by atoms with Gasteiger partial charge in [-0.05, 0) is 88.0 Å². The van der Waals surface area contributed by atoms with Crippen molar-refractivity contribution in [1.82, 2.24) is 0 Å². The van der Waals surface area contributed by atoms with Crippen LogP contribution in [0.5, 0.6) is 5.75 Å². The van der Waals surface area contributed by atoms with Crippen LogP contribution >= 0.6 is 63.7 Å². The van der Waals surface area contributed by atoms with E-state index < -0.39 is 0 Å². The predicted octanol–water partition coefficient (Wildman–Crippen LogP) is 5.55. The Morgan fingerprint density at radius 3 is 1.61 bits per heavy atom. The lowest BCUT2D eigenvalue weighted by molar-refractivity contribution is 0.0925. The van der Waals surface area contributed by atoms with Crippen LogP contribution in [0.4, 0.5) is 5.69 Å². The molecule has 0 N–H and O–H groups in total. The molecule has 0 saturated carbocycles. The number of benzene rings is 2. The topological polar surface area (TPSA) is 46.6 Å². The quantitative estimate of drug-likeness (QED) is 0.271. The van der Waals surface area contributed by atoms with Gasteiger partial charge in [-0.15, -0.1) is 0 Å². The van der Waals surface area contributed by atoms with Crippen LogP contribution in [0.3, 0.4) is 0 Å². The molecule has 0 saturated heterocycles. The third-order valence-electron chi connectivity index (χ3n) is 3.43. The Morgan fingerprint density at radius 1 is 0.783 bits per heavy atom. The van der Waals surface area contributed by atoms with Crippen LogP contribution in [-0.4, -0.2) is 18.9 Å². The Bertz CT molecular complexity index is 802. The van der Waals surface area contributed by atoms with Crippen LogP contribution < -0.4 is 9.64 Å². The molecular weight excluding hydrogens is 562 g/mol. The minimum Gasteiger partial charge on any atom is -0.497 e. The summed E-state index contributed by atoms with van der Waals surface area (Å²) < 4.78 is 7.51. The van der Waals surface area contributed by atoms with Crippen molar-refractivity contribution in [1.29, 1.82) is 0 Å². The maximum absolute atomic E-state index is 12.8. The van der Waals surface area contributed by atoms with Crippen LogP contribution in [0, 0.1) is 0 Å². The maximum atomic E-state index is 12.8. The lowest BCUT2D eigenvalue weighted by Crippen LogP contribution is -2.29. The highest BCUT2D eigenvalue weighted by molar-refractivity contribution is 9.15. The van der Waals surface area contributed by atoms with Gasteiger partial charge in [0.15, 0.2) is 0 Å². The van der Waals surface area contributed by atoms with Crippen LogP contribution in [0.1, 0.15) is 20.7 Å². The third-order valence-corrected chi connectivity index (χ3v) is 8.20. The number of carbonyl (C=O) groups excluding carboxylic acids is 2. The number of hydrogen-bond acceptors (Lipinski definition) is 3. The first kappa shape index (κ1) is 17.1. The van der Waals surface area contributed by atoms with E-state index >= 15 is 0 Å². The summed E-state index contributed by atoms with van der Waals surface area (Å²) >= 11 is 13.6. The van der Waals surface area contributed by atoms with Gasteiger partial charge in [0.05, 0.1) is 23.9 Å². The number of ether oxygens (including phenoxy) is 1. The van der Waals surface area contributed by atoms with Crippen molar-refractivity contribution in [2.45, 2.75) is 0 Å². The molecule has 118 valence electrons. The van der Waals surface area contributed by atoms with Gasteiger partial charge in [-0.3, -0.25) is 9.59 Å². The minimum atomic E-state index is -0.379. The van der Waals surface area contributed by atoms with Gasteiger partial charge in [0.2, 0.25) is 0 Å². The Labute approximate surface area is 165 Å². The molecule has 3 rings (SSSR count). The van der Waals surface area contributed by atoms with Gasteiger partial charge in [-0.25, -0.2) is 4.90 Å². The van der Waals surface area contributed by atoms with E-state index in [-0.39, 0.29) is 11.8 Å². The zero-order chi connectivity index (χ0) is 16.9. The highest BCUT2D eigenvalue weighted by Crippen LogP contribution is 2.46. The molecule has 0 aliphatic carbocycles. The van der Waals surface area contributed by atoms with Gasteiger partial charge in [0.1, 0.15) is 5.75 Å². The van der Waals surface area contributed by atoms with E-state index in [0.717, 1.165) is 4.90 Å². The summed E-state index contributed by atoms with van der Waals surface area (Å²) in [5.41, 5.74) is 1.14. The monoisotopic (exact) mass is 565 g/mol. The number of anilines is 1. The van der Waals surface area contributed by atoms with E-state index in [2.05, 4.69) is 63.7 Å². The number of amides is 2. The number of fused-ring (bicyclic) bond motifs is 1. The predicted molar refractivity (Wildman–Crippen MR) is 101 cm³/mol. The van der Waals surface area contributed by atoms with Gasteiger partial charge in [0, 0.05) is 17.9 Å². The molecule has 4 nitrogen and oxygen atoms in total. The first-order valence-electron chi connectivity index (χ1n) is 6.27. The van der Waals surface area contributed by atoms with Gasteiger partial charge < -0.3 is 4.74 Å². The highest BCUT2D eigenvalue weighted by atomic mass is 79.9. The summed E-state index contributed by atoms with van der Waals surface area (Å²) in [6, 6.07) is 6.75. The number of rotatable bonds is 2. The fraction of sp³-hybridized carbons (Fsp3) is 0.0667. The zero-order valence-electron chi connectivity index (χ0n) is 11.5. The highest BCUT2D eigenvalue weighted by Gasteiger charge is 2.41. The molecule has 2 aromatic carbocycles. The van der Waals surface area contributed by atoms with Crippen molar-refractivity contribution >= 4 is 81.2 Å². The van der Waals surface area contributed by atoms with Crippen molar-refractivity contribution < 1.29 is 14.3 Å². The van der Waals surface area contributed by atoms with E-state index in [4.69, 9.17) is 4.74 Å². The lowest BCUT2D eigenvalue weighted by Gasteiger charge is -2.14. The Kier molecular flexibility index (Phi) is 4.70. The molecule has 2 aromatic rings. The number of methoxy groups -OCH3 is 1. The van der Waals surface area contributed by atoms with Crippen LogP contribution in [0.25, 0.3) is 0 Å². The molecule has 0 unspecified atom stereocenters. The van der Waals surface area contributed by atoms with Crippen molar-refractivity contribution in [2.24, 2.45) is 0 Å². The first-order chi connectivity index (χ1) is 10.9. The van der Waals surface area contributed by atoms with E-state index in [1.165, 1.54) is 0 Å². The number of nitrogens with zero attached hydrogens (tertiary/aromatic N) is 1. The molecule has 23 heavy (non-hydrogen) atoms. The SMILES string of the molecule is COc1ccc(N2C(=O)c3c(Br)c(Br)c(Br)c(Br)c3C2=O)cc1. The van der Waals surface area contributed by atoms with Gasteiger partial charge in [-0.1, -0.05) is 0 Å². The second-order valence-electron chi connectivity index (χ2n) is 4.65. The fourth-order valence-corrected chi connectivity index (χ4v) is 4.77. The maximum Gasteiger partial charge on any atom is 0.267 e. The third kappa shape index (κ3) is 2.59. The Morgan fingerprint density at radius 2 is 1.22 bits per heavy atom. The molecule has 0 spiro atoms. The molecule has 1 aliphatic heterocycles. The molecule has 0 fully saturated rings. The summed E-state index contributed by atoms with van der Waals surface area (Å²) in [5.74, 6) is -0.106. The summed E-state index contributed by atoms with van der Waals surface area (Å²) in [7, 11) is 1.56. The van der Waals surface area contributed by atoms with Crippen LogP contribution in [-0.2, 0) is 0 Å². The average molecular weight is 569 g/mol. The molecule has 0 atom stereocenters. The van der Waals surface area contributed by atoms with E-state index in [1.807, 2.05) is 0 Å². The molecule has 8 heteroatoms. The number of imide groups is 1. The smallest absolute Gasteiger partial charge is 0.267 e. The molecule has 0 bridgehead atoms. The summed E-state index contributed by atoms with van der Waals surface area (Å²) in [5, 5.41) is 0. The number of hydrogen-bond donors (Lipinski definition) is 0. The van der Waals surface area contributed by atoms with Crippen molar-refractivity contribution in [2.75, 3.05) is 12.0 Å². The average Bonchev–Trinajstić information content (AvgIpc) is 2.82. The Balaban J connectivity index is 2.17. The van der Waals surface area contributed by atoms with E-state index in [0.29, 0.717) is 40.5 Å². The molecule has 2 amide bonds. The number of carbonyl (C=O) groups is 2. The van der Waals surface area contributed by atoms with Gasteiger partial charge in [0.25, 0.3) is 11.8 Å². The standard InChI is InChI=1S/C15H7Br4NO3/c1-23-7-4-2-6(3-5-7)20-14(21)8-9(15(20)22)11(17)13(19)12(18)10(8)16/h2-5H,1H3. The fourth-order valence-electron chi connectivity index (χ4n) is 2.31. The van der Waals surface area contributed by atoms with Crippen molar-refractivity contribution in [3.8, 4) is 5.75 Å². The normalized spacial score (nSPS) is 13.5. The second-order valence-corrected chi connectivity index (χ2v) is 7.82. The second kappa shape index (κ2) is 6.31. The summed E-state index contributed by atoms with van der Waals surface area (Å²) in [4.78, 5) is 26.7. The molecule has 1 aliphatic rings.